The summed E-state index contributed by atoms with van der Waals surface area (Å²) >= 11 is 6.03. The van der Waals surface area contributed by atoms with Crippen LogP contribution in [0.1, 0.15) is 25.3 Å². The summed E-state index contributed by atoms with van der Waals surface area (Å²) in [6.07, 6.45) is 3.75. The van der Waals surface area contributed by atoms with Crippen LogP contribution < -0.4 is 5.73 Å². The topological polar surface area (TPSA) is 47.1 Å². The van der Waals surface area contributed by atoms with Gasteiger partial charge in [0.15, 0.2) is 0 Å². The Morgan fingerprint density at radius 1 is 1.21 bits per heavy atom. The predicted octanol–water partition coefficient (Wildman–Crippen LogP) is 2.68. The van der Waals surface area contributed by atoms with Gasteiger partial charge in [-0.3, -0.25) is 4.90 Å². The summed E-state index contributed by atoms with van der Waals surface area (Å²) in [5.41, 5.74) is 8.17. The standard InChI is InChI=1S/C14H17ClN4/c15-9-3-4-11-10(8-9)17-14(16)19(11)13-5-7-18-6-1-2-12(13)18/h3-4,8,12-13H,1-2,5-7H2,(H2,16,17). The van der Waals surface area contributed by atoms with E-state index in [2.05, 4.69) is 14.5 Å². The van der Waals surface area contributed by atoms with Crippen LogP contribution in [0, 0.1) is 0 Å². The molecule has 5 heteroatoms. The molecule has 0 saturated carbocycles. The maximum Gasteiger partial charge on any atom is 0.201 e. The number of imidazole rings is 1. The third kappa shape index (κ3) is 1.66. The first-order valence-electron chi connectivity index (χ1n) is 6.91. The Kier molecular flexibility index (Phi) is 2.50. The molecule has 1 aromatic carbocycles. The Hall–Kier alpha value is -1.26. The van der Waals surface area contributed by atoms with Crippen LogP contribution in [-0.2, 0) is 0 Å². The number of halogens is 1. The molecule has 0 bridgehead atoms. The first-order chi connectivity index (χ1) is 9.24. The molecule has 0 amide bonds. The van der Waals surface area contributed by atoms with E-state index in [0.717, 1.165) is 11.0 Å². The SMILES string of the molecule is Nc1nc2cc(Cl)ccc2n1C1CCN2CCCC12. The van der Waals surface area contributed by atoms with E-state index < -0.39 is 0 Å². The van der Waals surface area contributed by atoms with E-state index in [1.165, 1.54) is 32.4 Å². The van der Waals surface area contributed by atoms with Crippen LogP contribution in [0.25, 0.3) is 11.0 Å². The largest absolute Gasteiger partial charge is 0.369 e. The van der Waals surface area contributed by atoms with Gasteiger partial charge in [0.05, 0.1) is 17.1 Å². The van der Waals surface area contributed by atoms with E-state index >= 15 is 0 Å². The van der Waals surface area contributed by atoms with Gasteiger partial charge in [-0.2, -0.15) is 0 Å². The number of hydrogen-bond acceptors (Lipinski definition) is 3. The molecule has 3 heterocycles. The van der Waals surface area contributed by atoms with E-state index in [1.807, 2.05) is 18.2 Å². The highest BCUT2D eigenvalue weighted by Crippen LogP contribution is 2.39. The van der Waals surface area contributed by atoms with Gasteiger partial charge in [0.2, 0.25) is 5.95 Å². The summed E-state index contributed by atoms with van der Waals surface area (Å²) in [6.45, 7) is 2.42. The molecule has 2 aliphatic rings. The van der Waals surface area contributed by atoms with Gasteiger partial charge in [-0.25, -0.2) is 4.98 Å². The number of aromatic nitrogens is 2. The molecule has 100 valence electrons. The van der Waals surface area contributed by atoms with Gasteiger partial charge in [-0.1, -0.05) is 11.6 Å². The van der Waals surface area contributed by atoms with E-state index in [0.29, 0.717) is 23.1 Å². The Morgan fingerprint density at radius 3 is 3.00 bits per heavy atom. The minimum Gasteiger partial charge on any atom is -0.369 e. The van der Waals surface area contributed by atoms with Gasteiger partial charge >= 0.3 is 0 Å². The molecule has 2 aromatic rings. The summed E-state index contributed by atoms with van der Waals surface area (Å²) in [7, 11) is 0. The quantitative estimate of drug-likeness (QED) is 0.871. The van der Waals surface area contributed by atoms with E-state index in [-0.39, 0.29) is 0 Å². The van der Waals surface area contributed by atoms with Crippen molar-refractivity contribution in [3.8, 4) is 0 Å². The van der Waals surface area contributed by atoms with Crippen LogP contribution in [0.2, 0.25) is 5.02 Å². The molecule has 2 fully saturated rings. The second-order valence-electron chi connectivity index (χ2n) is 5.57. The number of benzene rings is 1. The number of fused-ring (bicyclic) bond motifs is 2. The summed E-state index contributed by atoms with van der Waals surface area (Å²) in [5, 5.41) is 0.714. The van der Waals surface area contributed by atoms with E-state index in [4.69, 9.17) is 17.3 Å². The van der Waals surface area contributed by atoms with Gasteiger partial charge in [-0.15, -0.1) is 0 Å². The predicted molar refractivity (Wildman–Crippen MR) is 77.4 cm³/mol. The molecule has 0 radical (unpaired) electrons. The lowest BCUT2D eigenvalue weighted by molar-refractivity contribution is 0.293. The third-order valence-electron chi connectivity index (χ3n) is 4.58. The van der Waals surface area contributed by atoms with Crippen molar-refractivity contribution in [1.29, 1.82) is 0 Å². The zero-order valence-corrected chi connectivity index (χ0v) is 11.5. The molecule has 4 rings (SSSR count). The van der Waals surface area contributed by atoms with Crippen molar-refractivity contribution in [2.75, 3.05) is 18.8 Å². The van der Waals surface area contributed by atoms with Crippen LogP contribution in [0.3, 0.4) is 0 Å². The van der Waals surface area contributed by atoms with Crippen molar-refractivity contribution in [3.05, 3.63) is 23.2 Å². The molecule has 1 aromatic heterocycles. The smallest absolute Gasteiger partial charge is 0.201 e. The van der Waals surface area contributed by atoms with Crippen molar-refractivity contribution >= 4 is 28.6 Å². The highest BCUT2D eigenvalue weighted by Gasteiger charge is 2.39. The molecule has 2 atom stereocenters. The minimum atomic E-state index is 0.466. The molecule has 19 heavy (non-hydrogen) atoms. The second-order valence-corrected chi connectivity index (χ2v) is 6.01. The van der Waals surface area contributed by atoms with E-state index in [1.54, 1.807) is 0 Å². The molecule has 0 spiro atoms. The van der Waals surface area contributed by atoms with Crippen LogP contribution in [0.15, 0.2) is 18.2 Å². The molecule has 2 aliphatic heterocycles. The van der Waals surface area contributed by atoms with Gasteiger partial charge in [0, 0.05) is 17.6 Å². The fraction of sp³-hybridized carbons (Fsp3) is 0.500. The number of nitrogen functional groups attached to an aromatic ring is 1. The van der Waals surface area contributed by atoms with Crippen LogP contribution in [0.5, 0.6) is 0 Å². The maximum absolute atomic E-state index is 6.16. The summed E-state index contributed by atoms with van der Waals surface area (Å²) < 4.78 is 2.22. The van der Waals surface area contributed by atoms with Gasteiger partial charge in [0.25, 0.3) is 0 Å². The van der Waals surface area contributed by atoms with Gasteiger partial charge in [-0.05, 0) is 44.0 Å². The lowest BCUT2D eigenvalue weighted by Gasteiger charge is -2.22. The zero-order valence-electron chi connectivity index (χ0n) is 10.7. The second kappa shape index (κ2) is 4.12. The Labute approximate surface area is 117 Å². The number of rotatable bonds is 1. The normalized spacial score (nSPS) is 27.2. The lowest BCUT2D eigenvalue weighted by atomic mass is 10.1. The first kappa shape index (κ1) is 11.6. The number of anilines is 1. The van der Waals surface area contributed by atoms with Crippen molar-refractivity contribution in [2.45, 2.75) is 31.3 Å². The fourth-order valence-corrected chi connectivity index (χ4v) is 3.96. The molecule has 0 aliphatic carbocycles. The fourth-order valence-electron chi connectivity index (χ4n) is 3.80. The van der Waals surface area contributed by atoms with Gasteiger partial charge < -0.3 is 10.3 Å². The highest BCUT2D eigenvalue weighted by molar-refractivity contribution is 6.31. The van der Waals surface area contributed by atoms with Gasteiger partial charge in [0.1, 0.15) is 0 Å². The monoisotopic (exact) mass is 276 g/mol. The van der Waals surface area contributed by atoms with Crippen LogP contribution in [-0.4, -0.2) is 33.6 Å². The number of nitrogens with two attached hydrogens (primary N) is 1. The van der Waals surface area contributed by atoms with Crippen LogP contribution in [0.4, 0.5) is 5.95 Å². The highest BCUT2D eigenvalue weighted by atomic mass is 35.5. The number of hydrogen-bond donors (Lipinski definition) is 1. The zero-order chi connectivity index (χ0) is 13.0. The molecule has 4 nitrogen and oxygen atoms in total. The Morgan fingerprint density at radius 2 is 2.11 bits per heavy atom. The average molecular weight is 277 g/mol. The van der Waals surface area contributed by atoms with Crippen molar-refractivity contribution in [1.82, 2.24) is 14.5 Å². The van der Waals surface area contributed by atoms with Crippen molar-refractivity contribution in [3.63, 3.8) is 0 Å². The third-order valence-corrected chi connectivity index (χ3v) is 4.82. The molecular weight excluding hydrogens is 260 g/mol. The molecule has 2 unspecified atom stereocenters. The molecule has 2 saturated heterocycles. The summed E-state index contributed by atoms with van der Waals surface area (Å²) in [6, 6.07) is 6.95. The Bertz CT molecular complexity index is 636. The number of nitrogens with zero attached hydrogens (tertiary/aromatic N) is 3. The van der Waals surface area contributed by atoms with E-state index in [9.17, 15) is 0 Å². The molecule has 2 N–H and O–H groups in total. The van der Waals surface area contributed by atoms with Crippen LogP contribution >= 0.6 is 11.6 Å². The minimum absolute atomic E-state index is 0.466. The summed E-state index contributed by atoms with van der Waals surface area (Å²) in [4.78, 5) is 7.06. The van der Waals surface area contributed by atoms with Crippen molar-refractivity contribution < 1.29 is 0 Å². The first-order valence-corrected chi connectivity index (χ1v) is 7.29. The lowest BCUT2D eigenvalue weighted by Crippen LogP contribution is -2.28. The maximum atomic E-state index is 6.16. The summed E-state index contributed by atoms with van der Waals surface area (Å²) in [5.74, 6) is 0.621. The Balaban J connectivity index is 1.84. The molecular formula is C14H17ClN4. The average Bonchev–Trinajstić information content (AvgIpc) is 3.02. The van der Waals surface area contributed by atoms with Crippen molar-refractivity contribution in [2.24, 2.45) is 0 Å².